The molecule has 100 valence electrons. The van der Waals surface area contributed by atoms with Crippen molar-refractivity contribution in [3.63, 3.8) is 0 Å². The van der Waals surface area contributed by atoms with E-state index in [2.05, 4.69) is 27.7 Å². The molecule has 2 unspecified atom stereocenters. The normalized spacial score (nSPS) is 29.8. The van der Waals surface area contributed by atoms with Gasteiger partial charge in [-0.3, -0.25) is 4.79 Å². The summed E-state index contributed by atoms with van der Waals surface area (Å²) in [7, 11) is 0. The van der Waals surface area contributed by atoms with E-state index in [1.807, 2.05) is 4.90 Å². The number of piperazine rings is 1. The van der Waals surface area contributed by atoms with E-state index in [0.29, 0.717) is 12.1 Å². The highest BCUT2D eigenvalue weighted by Crippen LogP contribution is 2.27. The molecule has 0 aromatic rings. The van der Waals surface area contributed by atoms with Crippen molar-refractivity contribution in [1.29, 1.82) is 0 Å². The molecule has 0 spiro atoms. The van der Waals surface area contributed by atoms with Gasteiger partial charge in [-0.05, 0) is 20.8 Å². The lowest BCUT2D eigenvalue weighted by Crippen LogP contribution is -2.68. The standard InChI is InChI=1S/C14H29N2O/c1-6-8-14-11-15(13(5)17)9-10-16(14,7-2)12(3)4/h12,14H,6-11H2,1-5H3/q+1. The maximum atomic E-state index is 11.5. The third kappa shape index (κ3) is 2.82. The zero-order valence-corrected chi connectivity index (χ0v) is 12.2. The van der Waals surface area contributed by atoms with Crippen molar-refractivity contribution in [2.75, 3.05) is 26.2 Å². The summed E-state index contributed by atoms with van der Waals surface area (Å²) in [5.74, 6) is 0.240. The van der Waals surface area contributed by atoms with Crippen LogP contribution in [0.2, 0.25) is 0 Å². The van der Waals surface area contributed by atoms with Gasteiger partial charge in [0.05, 0.1) is 32.2 Å². The molecule has 3 nitrogen and oxygen atoms in total. The number of likely N-dealkylation sites (N-methyl/N-ethyl adjacent to an activating group) is 1. The van der Waals surface area contributed by atoms with Gasteiger partial charge in [0.25, 0.3) is 0 Å². The Kier molecular flexibility index (Phi) is 4.99. The van der Waals surface area contributed by atoms with E-state index in [0.717, 1.165) is 19.6 Å². The van der Waals surface area contributed by atoms with E-state index in [-0.39, 0.29) is 5.91 Å². The van der Waals surface area contributed by atoms with Gasteiger partial charge in [-0.25, -0.2) is 0 Å². The molecular formula is C14H29N2O+. The second-order valence-corrected chi connectivity index (χ2v) is 5.64. The Balaban J connectivity index is 2.87. The Morgan fingerprint density at radius 2 is 2.06 bits per heavy atom. The molecule has 1 fully saturated rings. The average molecular weight is 241 g/mol. The summed E-state index contributed by atoms with van der Waals surface area (Å²) in [6.45, 7) is 15.1. The molecule has 1 heterocycles. The van der Waals surface area contributed by atoms with Crippen molar-refractivity contribution in [2.45, 2.75) is 59.5 Å². The van der Waals surface area contributed by atoms with Crippen LogP contribution in [-0.4, -0.2) is 53.6 Å². The number of rotatable bonds is 4. The van der Waals surface area contributed by atoms with Gasteiger partial charge < -0.3 is 9.38 Å². The SMILES string of the molecule is CCCC1CN(C(C)=O)CC[N+]1(CC)C(C)C. The Labute approximate surface area is 106 Å². The molecule has 0 aromatic carbocycles. The maximum Gasteiger partial charge on any atom is 0.219 e. The first-order valence-electron chi connectivity index (χ1n) is 7.09. The lowest BCUT2D eigenvalue weighted by Gasteiger charge is -2.52. The number of quaternary nitrogens is 1. The van der Waals surface area contributed by atoms with E-state index >= 15 is 0 Å². The molecular weight excluding hydrogens is 212 g/mol. The van der Waals surface area contributed by atoms with E-state index in [9.17, 15) is 4.79 Å². The van der Waals surface area contributed by atoms with Gasteiger partial charge in [0.1, 0.15) is 6.04 Å². The van der Waals surface area contributed by atoms with Crippen LogP contribution in [0.1, 0.15) is 47.5 Å². The topological polar surface area (TPSA) is 20.3 Å². The zero-order valence-electron chi connectivity index (χ0n) is 12.2. The van der Waals surface area contributed by atoms with E-state index in [1.54, 1.807) is 6.92 Å². The molecule has 1 amide bonds. The highest BCUT2D eigenvalue weighted by atomic mass is 16.2. The fraction of sp³-hybridized carbons (Fsp3) is 0.929. The van der Waals surface area contributed by atoms with Gasteiger partial charge >= 0.3 is 0 Å². The highest BCUT2D eigenvalue weighted by Gasteiger charge is 2.42. The van der Waals surface area contributed by atoms with Crippen molar-refractivity contribution in [1.82, 2.24) is 4.90 Å². The number of hydrogen-bond donors (Lipinski definition) is 0. The van der Waals surface area contributed by atoms with Crippen molar-refractivity contribution < 1.29 is 9.28 Å². The summed E-state index contributed by atoms with van der Waals surface area (Å²) < 4.78 is 1.19. The summed E-state index contributed by atoms with van der Waals surface area (Å²) in [5.41, 5.74) is 0. The molecule has 0 radical (unpaired) electrons. The number of amides is 1. The van der Waals surface area contributed by atoms with Crippen molar-refractivity contribution >= 4 is 5.91 Å². The lowest BCUT2D eigenvalue weighted by atomic mass is 9.99. The molecule has 1 saturated heterocycles. The third-order valence-electron chi connectivity index (χ3n) is 4.63. The van der Waals surface area contributed by atoms with Gasteiger partial charge in [-0.2, -0.15) is 0 Å². The van der Waals surface area contributed by atoms with Crippen LogP contribution in [0.25, 0.3) is 0 Å². The number of nitrogens with zero attached hydrogens (tertiary/aromatic N) is 2. The predicted octanol–water partition coefficient (Wildman–Crippen LogP) is 2.26. The van der Waals surface area contributed by atoms with Crippen LogP contribution in [-0.2, 0) is 4.79 Å². The average Bonchev–Trinajstić information content (AvgIpc) is 2.29. The molecule has 0 saturated carbocycles. The number of carbonyl (C=O) groups excluding carboxylic acids is 1. The second kappa shape index (κ2) is 5.85. The molecule has 0 bridgehead atoms. The first kappa shape index (κ1) is 14.5. The molecule has 17 heavy (non-hydrogen) atoms. The molecule has 3 heteroatoms. The Morgan fingerprint density at radius 1 is 1.41 bits per heavy atom. The van der Waals surface area contributed by atoms with Gasteiger partial charge in [0.15, 0.2) is 0 Å². The summed E-state index contributed by atoms with van der Waals surface area (Å²) in [5, 5.41) is 0. The summed E-state index contributed by atoms with van der Waals surface area (Å²) >= 11 is 0. The molecule has 1 aliphatic heterocycles. The Hall–Kier alpha value is -0.570. The van der Waals surface area contributed by atoms with Crippen LogP contribution >= 0.6 is 0 Å². The van der Waals surface area contributed by atoms with Crippen LogP contribution in [0.4, 0.5) is 0 Å². The Bertz CT molecular complexity index is 265. The number of carbonyl (C=O) groups is 1. The summed E-state index contributed by atoms with van der Waals surface area (Å²) in [4.78, 5) is 13.6. The minimum absolute atomic E-state index is 0.240. The van der Waals surface area contributed by atoms with Crippen LogP contribution in [0, 0.1) is 0 Å². The zero-order chi connectivity index (χ0) is 13.1. The van der Waals surface area contributed by atoms with E-state index in [4.69, 9.17) is 0 Å². The minimum Gasteiger partial charge on any atom is -0.331 e. The largest absolute Gasteiger partial charge is 0.331 e. The molecule has 0 aliphatic carbocycles. The third-order valence-corrected chi connectivity index (χ3v) is 4.63. The first-order valence-corrected chi connectivity index (χ1v) is 7.09. The van der Waals surface area contributed by atoms with Crippen molar-refractivity contribution in [3.05, 3.63) is 0 Å². The monoisotopic (exact) mass is 241 g/mol. The van der Waals surface area contributed by atoms with Crippen molar-refractivity contribution in [2.24, 2.45) is 0 Å². The predicted molar refractivity (Wildman–Crippen MR) is 71.8 cm³/mol. The van der Waals surface area contributed by atoms with Gasteiger partial charge in [-0.1, -0.05) is 13.3 Å². The van der Waals surface area contributed by atoms with E-state index in [1.165, 1.54) is 23.9 Å². The molecule has 0 N–H and O–H groups in total. The van der Waals surface area contributed by atoms with Crippen LogP contribution < -0.4 is 0 Å². The van der Waals surface area contributed by atoms with Gasteiger partial charge in [0.2, 0.25) is 5.91 Å². The fourth-order valence-corrected chi connectivity index (χ4v) is 3.43. The van der Waals surface area contributed by atoms with Gasteiger partial charge in [0, 0.05) is 13.3 Å². The summed E-state index contributed by atoms with van der Waals surface area (Å²) in [6.07, 6.45) is 2.44. The van der Waals surface area contributed by atoms with Crippen LogP contribution in [0.15, 0.2) is 0 Å². The quantitative estimate of drug-likeness (QED) is 0.691. The smallest absolute Gasteiger partial charge is 0.219 e. The first-order chi connectivity index (χ1) is 7.97. The minimum atomic E-state index is 0.240. The van der Waals surface area contributed by atoms with Crippen LogP contribution in [0.5, 0.6) is 0 Å². The summed E-state index contributed by atoms with van der Waals surface area (Å²) in [6, 6.07) is 1.29. The fourth-order valence-electron chi connectivity index (χ4n) is 3.43. The second-order valence-electron chi connectivity index (χ2n) is 5.64. The number of hydrogen-bond acceptors (Lipinski definition) is 1. The van der Waals surface area contributed by atoms with E-state index < -0.39 is 0 Å². The maximum absolute atomic E-state index is 11.5. The van der Waals surface area contributed by atoms with Crippen LogP contribution in [0.3, 0.4) is 0 Å². The van der Waals surface area contributed by atoms with Crippen molar-refractivity contribution in [3.8, 4) is 0 Å². The Morgan fingerprint density at radius 3 is 2.47 bits per heavy atom. The highest BCUT2D eigenvalue weighted by molar-refractivity contribution is 5.73. The molecule has 1 rings (SSSR count). The van der Waals surface area contributed by atoms with Gasteiger partial charge in [-0.15, -0.1) is 0 Å². The molecule has 2 atom stereocenters. The molecule has 1 aliphatic rings. The molecule has 0 aromatic heterocycles. The lowest BCUT2D eigenvalue weighted by molar-refractivity contribution is -0.972.